The Bertz CT molecular complexity index is 1110. The quantitative estimate of drug-likeness (QED) is 0.556. The smallest absolute Gasteiger partial charge is 0.334 e. The lowest BCUT2D eigenvalue weighted by molar-refractivity contribution is -0.201. The van der Waals surface area contributed by atoms with E-state index in [0.29, 0.717) is 9.35 Å². The van der Waals surface area contributed by atoms with Gasteiger partial charge < -0.3 is 5.32 Å². The molecule has 1 aliphatic rings. The molecule has 1 amide bonds. The molecule has 0 fully saturated rings. The maximum atomic E-state index is 14.5. The van der Waals surface area contributed by atoms with Crippen molar-refractivity contribution < 1.29 is 18.0 Å². The lowest BCUT2D eigenvalue weighted by atomic mass is 9.78. The Morgan fingerprint density at radius 3 is 2.50 bits per heavy atom. The molecule has 1 unspecified atom stereocenters. The number of H-pyrrole nitrogens is 1. The zero-order valence-corrected chi connectivity index (χ0v) is 18.0. The molecule has 11 heteroatoms. The number of amides is 1. The second-order valence-electron chi connectivity index (χ2n) is 6.76. The minimum absolute atomic E-state index is 0.0153. The molecular formula is C19H15BrF3N5OS. The van der Waals surface area contributed by atoms with Gasteiger partial charge in [0.25, 0.3) is 5.91 Å². The minimum Gasteiger partial charge on any atom is -0.334 e. The second-order valence-corrected chi connectivity index (χ2v) is 8.85. The highest BCUT2D eigenvalue weighted by atomic mass is 79.9. The van der Waals surface area contributed by atoms with Crippen LogP contribution in [0.1, 0.15) is 34.5 Å². The summed E-state index contributed by atoms with van der Waals surface area (Å²) in [6.07, 6.45) is -4.48. The van der Waals surface area contributed by atoms with Gasteiger partial charge in [-0.05, 0) is 52.2 Å². The van der Waals surface area contributed by atoms with Crippen LogP contribution in [0.25, 0.3) is 11.1 Å². The highest BCUT2D eigenvalue weighted by Crippen LogP contribution is 2.50. The molecule has 1 aromatic carbocycles. The van der Waals surface area contributed by atoms with E-state index < -0.39 is 24.0 Å². The molecule has 2 N–H and O–H groups in total. The summed E-state index contributed by atoms with van der Waals surface area (Å²) < 4.78 is 44.1. The van der Waals surface area contributed by atoms with Gasteiger partial charge in [-0.15, -0.1) is 16.4 Å². The number of aromatic amines is 1. The maximum absolute atomic E-state index is 14.5. The molecule has 2 aromatic heterocycles. The zero-order chi connectivity index (χ0) is 21.5. The van der Waals surface area contributed by atoms with Crippen LogP contribution in [0.3, 0.4) is 0 Å². The average Bonchev–Trinajstić information content (AvgIpc) is 3.39. The first kappa shape index (κ1) is 20.7. The number of halogens is 4. The number of tetrazole rings is 1. The Balaban J connectivity index is 1.95. The summed E-state index contributed by atoms with van der Waals surface area (Å²) in [4.78, 5) is 14.6. The summed E-state index contributed by atoms with van der Waals surface area (Å²) in [5.74, 6) is -0.859. The average molecular weight is 498 g/mol. The number of carbonyl (C=O) groups excluding carboxylic acids is 1. The summed E-state index contributed by atoms with van der Waals surface area (Å²) >= 11 is 4.60. The summed E-state index contributed by atoms with van der Waals surface area (Å²) in [6.45, 7) is 1.96. The van der Waals surface area contributed by atoms with Crippen molar-refractivity contribution in [2.45, 2.75) is 31.5 Å². The second kappa shape index (κ2) is 7.62. The van der Waals surface area contributed by atoms with Crippen molar-refractivity contribution >= 4 is 44.3 Å². The van der Waals surface area contributed by atoms with Crippen LogP contribution < -0.4 is 5.32 Å². The molecule has 0 radical (unpaired) electrons. The third kappa shape index (κ3) is 3.45. The van der Waals surface area contributed by atoms with Crippen LogP contribution in [0.4, 0.5) is 13.2 Å². The molecule has 0 saturated carbocycles. The molecule has 30 heavy (non-hydrogen) atoms. The van der Waals surface area contributed by atoms with Crippen LogP contribution >= 0.6 is 27.3 Å². The number of hydrogen-bond donors (Lipinski definition) is 2. The monoisotopic (exact) mass is 497 g/mol. The highest BCUT2D eigenvalue weighted by molar-refractivity contribution is 9.10. The zero-order valence-electron chi connectivity index (χ0n) is 15.5. The first-order chi connectivity index (χ1) is 14.2. The normalized spacial score (nSPS) is 19.8. The van der Waals surface area contributed by atoms with Crippen molar-refractivity contribution in [2.75, 3.05) is 0 Å². The predicted molar refractivity (Wildman–Crippen MR) is 109 cm³/mol. The van der Waals surface area contributed by atoms with Crippen LogP contribution in [-0.2, 0) is 16.8 Å². The minimum atomic E-state index is -4.74. The fraction of sp³-hybridized carbons (Fsp3) is 0.263. The first-order valence-electron chi connectivity index (χ1n) is 8.97. The van der Waals surface area contributed by atoms with Crippen molar-refractivity contribution in [2.24, 2.45) is 0 Å². The topological polar surface area (TPSA) is 83.6 Å². The molecule has 156 valence electrons. The van der Waals surface area contributed by atoms with Gasteiger partial charge in [-0.3, -0.25) is 4.79 Å². The van der Waals surface area contributed by atoms with Crippen molar-refractivity contribution in [3.63, 3.8) is 0 Å². The molecule has 4 rings (SSSR count). The predicted octanol–water partition coefficient (Wildman–Crippen LogP) is 4.47. The summed E-state index contributed by atoms with van der Waals surface area (Å²) in [6, 6.07) is 9.36. The molecule has 0 bridgehead atoms. The third-order valence-corrected chi connectivity index (χ3v) is 6.83. The van der Waals surface area contributed by atoms with E-state index in [2.05, 4.69) is 41.9 Å². The van der Waals surface area contributed by atoms with E-state index in [1.54, 1.807) is 6.07 Å². The lowest BCUT2D eigenvalue weighted by Gasteiger charge is -2.41. The fourth-order valence-electron chi connectivity index (χ4n) is 3.49. The number of carbonyl (C=O) groups is 1. The van der Waals surface area contributed by atoms with Crippen LogP contribution in [0.15, 0.2) is 40.9 Å². The summed E-state index contributed by atoms with van der Waals surface area (Å²) in [5.41, 5.74) is -2.36. The van der Waals surface area contributed by atoms with Crippen LogP contribution in [0.2, 0.25) is 0 Å². The number of thiophene rings is 1. The molecule has 1 atom stereocenters. The molecule has 0 saturated heterocycles. The van der Waals surface area contributed by atoms with E-state index >= 15 is 0 Å². The Labute approximate surface area is 181 Å². The van der Waals surface area contributed by atoms with E-state index in [0.717, 1.165) is 11.3 Å². The van der Waals surface area contributed by atoms with Crippen molar-refractivity contribution in [1.82, 2.24) is 25.9 Å². The SMILES string of the molecule is CCc1ccc(C2=C(c3nnn[nH]3)C(=O)NC(c3ccc(Br)cc3)(C(F)(F)F)C2)s1. The van der Waals surface area contributed by atoms with Gasteiger partial charge >= 0.3 is 6.18 Å². The number of nitrogens with one attached hydrogen (secondary N) is 2. The molecule has 6 nitrogen and oxygen atoms in total. The number of aromatic nitrogens is 4. The van der Waals surface area contributed by atoms with E-state index in [4.69, 9.17) is 0 Å². The Kier molecular flexibility index (Phi) is 5.27. The van der Waals surface area contributed by atoms with Gasteiger partial charge in [0.05, 0.1) is 5.57 Å². The number of nitrogens with zero attached hydrogens (tertiary/aromatic N) is 3. The van der Waals surface area contributed by atoms with E-state index in [1.165, 1.54) is 35.6 Å². The highest BCUT2D eigenvalue weighted by Gasteiger charge is 2.59. The standard InChI is InChI=1S/C19H15BrF3N5OS/c1-2-12-7-8-14(30-12)13-9-18(19(21,22)23,10-3-5-11(20)6-4-10)24-17(29)15(13)16-25-27-28-26-16/h3-8H,2,9H2,1H3,(H,24,29)(H,25,26,27,28). The summed E-state index contributed by atoms with van der Waals surface area (Å²) in [5, 5.41) is 15.4. The third-order valence-electron chi connectivity index (χ3n) is 5.01. The van der Waals surface area contributed by atoms with Crippen molar-refractivity contribution in [3.8, 4) is 0 Å². The van der Waals surface area contributed by atoms with Gasteiger partial charge in [-0.25, -0.2) is 5.10 Å². The molecule has 3 heterocycles. The molecule has 0 aliphatic carbocycles. The van der Waals surface area contributed by atoms with E-state index in [9.17, 15) is 18.0 Å². The van der Waals surface area contributed by atoms with Crippen molar-refractivity contribution in [3.05, 3.63) is 62.0 Å². The number of rotatable bonds is 4. The van der Waals surface area contributed by atoms with Crippen molar-refractivity contribution in [1.29, 1.82) is 0 Å². The fourth-order valence-corrected chi connectivity index (χ4v) is 4.75. The summed E-state index contributed by atoms with van der Waals surface area (Å²) in [7, 11) is 0. The number of alkyl halides is 3. The van der Waals surface area contributed by atoms with Crippen LogP contribution in [-0.4, -0.2) is 32.7 Å². The molecule has 3 aromatic rings. The van der Waals surface area contributed by atoms with Crippen LogP contribution in [0, 0.1) is 0 Å². The maximum Gasteiger partial charge on any atom is 0.416 e. The Hall–Kier alpha value is -2.53. The first-order valence-corrected chi connectivity index (χ1v) is 10.6. The molecule has 1 aliphatic heterocycles. The van der Waals surface area contributed by atoms with Gasteiger partial charge in [0.2, 0.25) is 0 Å². The number of hydrogen-bond acceptors (Lipinski definition) is 5. The lowest BCUT2D eigenvalue weighted by Crippen LogP contribution is -2.58. The Morgan fingerprint density at radius 1 is 1.20 bits per heavy atom. The Morgan fingerprint density at radius 2 is 1.93 bits per heavy atom. The van der Waals surface area contributed by atoms with E-state index in [1.807, 2.05) is 13.0 Å². The van der Waals surface area contributed by atoms with Gasteiger partial charge in [0.15, 0.2) is 11.4 Å². The largest absolute Gasteiger partial charge is 0.416 e. The molecule has 0 spiro atoms. The number of benzene rings is 1. The van der Waals surface area contributed by atoms with E-state index in [-0.39, 0.29) is 22.5 Å². The van der Waals surface area contributed by atoms with Gasteiger partial charge in [0, 0.05) is 20.6 Å². The van der Waals surface area contributed by atoms with Gasteiger partial charge in [-0.2, -0.15) is 13.2 Å². The number of aryl methyl sites for hydroxylation is 1. The van der Waals surface area contributed by atoms with Gasteiger partial charge in [0.1, 0.15) is 0 Å². The van der Waals surface area contributed by atoms with Crippen LogP contribution in [0.5, 0.6) is 0 Å². The van der Waals surface area contributed by atoms with Gasteiger partial charge in [-0.1, -0.05) is 35.0 Å². The molecular weight excluding hydrogens is 483 g/mol.